The quantitative estimate of drug-likeness (QED) is 0.694. The number of carbonyl (C=O) groups is 1. The number of nitrogens with two attached hydrogens (primary N) is 1. The molecule has 0 spiro atoms. The van der Waals surface area contributed by atoms with Gasteiger partial charge < -0.3 is 5.32 Å². The molecule has 3 N–H and O–H groups in total. The van der Waals surface area contributed by atoms with Gasteiger partial charge in [-0.1, -0.05) is 26.7 Å². The zero-order valence-electron chi connectivity index (χ0n) is 11.9. The van der Waals surface area contributed by atoms with Crippen LogP contribution in [0.3, 0.4) is 0 Å². The van der Waals surface area contributed by atoms with E-state index in [-0.39, 0.29) is 17.1 Å². The molecular formula is C13H26N2O3S. The molecule has 0 bridgehead atoms. The number of carbonyl (C=O) groups excluding carboxylic acids is 1. The molecule has 0 heterocycles. The molecule has 112 valence electrons. The van der Waals surface area contributed by atoms with E-state index in [1.54, 1.807) is 0 Å². The van der Waals surface area contributed by atoms with Crippen LogP contribution in [0, 0.1) is 11.3 Å². The fourth-order valence-electron chi connectivity index (χ4n) is 3.02. The van der Waals surface area contributed by atoms with Crippen molar-refractivity contribution >= 4 is 15.9 Å². The molecule has 0 aromatic heterocycles. The van der Waals surface area contributed by atoms with E-state index < -0.39 is 10.0 Å². The molecule has 0 radical (unpaired) electrons. The van der Waals surface area contributed by atoms with E-state index in [4.69, 9.17) is 5.14 Å². The smallest absolute Gasteiger partial charge is 0.226 e. The first kappa shape index (κ1) is 16.4. The maximum Gasteiger partial charge on any atom is 0.226 e. The lowest BCUT2D eigenvalue weighted by molar-refractivity contribution is -0.131. The van der Waals surface area contributed by atoms with Crippen LogP contribution in [0.5, 0.6) is 0 Å². The van der Waals surface area contributed by atoms with Crippen molar-refractivity contribution in [3.05, 3.63) is 0 Å². The average molecular weight is 290 g/mol. The van der Waals surface area contributed by atoms with Crippen LogP contribution in [0.15, 0.2) is 0 Å². The summed E-state index contributed by atoms with van der Waals surface area (Å²) in [5.41, 5.74) is -0.226. The monoisotopic (exact) mass is 290 g/mol. The van der Waals surface area contributed by atoms with Gasteiger partial charge in [0.2, 0.25) is 15.9 Å². The Morgan fingerprint density at radius 2 is 1.89 bits per heavy atom. The molecule has 0 aromatic carbocycles. The Bertz CT molecular complexity index is 398. The van der Waals surface area contributed by atoms with Crippen LogP contribution >= 0.6 is 0 Å². The minimum Gasteiger partial charge on any atom is -0.356 e. The fraction of sp³-hybridized carbons (Fsp3) is 0.923. The molecule has 0 saturated heterocycles. The van der Waals surface area contributed by atoms with Gasteiger partial charge in [-0.25, -0.2) is 13.6 Å². The van der Waals surface area contributed by atoms with Gasteiger partial charge in [-0.3, -0.25) is 4.79 Å². The highest BCUT2D eigenvalue weighted by atomic mass is 32.2. The van der Waals surface area contributed by atoms with E-state index in [9.17, 15) is 13.2 Å². The standard InChI is InChI=1S/C13H26N2O3S/c1-11(2)10-13(6-3-4-7-13)12(16)15-8-5-9-19(14,17)18/h11H,3-10H2,1-2H3,(H,15,16)(H2,14,17,18). The lowest BCUT2D eigenvalue weighted by Gasteiger charge is -2.29. The molecule has 0 atom stereocenters. The highest BCUT2D eigenvalue weighted by Crippen LogP contribution is 2.43. The van der Waals surface area contributed by atoms with Gasteiger partial charge in [-0.15, -0.1) is 0 Å². The van der Waals surface area contributed by atoms with Crippen LogP contribution in [0.4, 0.5) is 0 Å². The molecule has 6 heteroatoms. The van der Waals surface area contributed by atoms with Crippen molar-refractivity contribution in [3.63, 3.8) is 0 Å². The topological polar surface area (TPSA) is 89.3 Å². The molecule has 1 amide bonds. The zero-order chi connectivity index (χ0) is 14.5. The summed E-state index contributed by atoms with van der Waals surface area (Å²) >= 11 is 0. The molecule has 1 fully saturated rings. The summed E-state index contributed by atoms with van der Waals surface area (Å²) in [6.45, 7) is 4.65. The van der Waals surface area contributed by atoms with Crippen LogP contribution < -0.4 is 10.5 Å². The summed E-state index contributed by atoms with van der Waals surface area (Å²) in [5.74, 6) is 0.506. The van der Waals surface area contributed by atoms with Crippen LogP contribution in [0.2, 0.25) is 0 Å². The predicted molar refractivity (Wildman–Crippen MR) is 76.0 cm³/mol. The zero-order valence-corrected chi connectivity index (χ0v) is 12.8. The van der Waals surface area contributed by atoms with Crippen molar-refractivity contribution < 1.29 is 13.2 Å². The van der Waals surface area contributed by atoms with Gasteiger partial charge in [0.15, 0.2) is 0 Å². The summed E-state index contributed by atoms with van der Waals surface area (Å²) in [6, 6.07) is 0. The fourth-order valence-corrected chi connectivity index (χ4v) is 3.57. The molecule has 0 unspecified atom stereocenters. The number of hydrogen-bond acceptors (Lipinski definition) is 3. The van der Waals surface area contributed by atoms with Gasteiger partial charge in [0.25, 0.3) is 0 Å². The predicted octanol–water partition coefficient (Wildman–Crippen LogP) is 1.39. The first-order valence-electron chi connectivity index (χ1n) is 7.04. The van der Waals surface area contributed by atoms with E-state index in [0.717, 1.165) is 32.1 Å². The Balaban J connectivity index is 2.45. The Labute approximate surface area is 116 Å². The summed E-state index contributed by atoms with van der Waals surface area (Å²) in [4.78, 5) is 12.3. The van der Waals surface area contributed by atoms with Crippen molar-refractivity contribution in [3.8, 4) is 0 Å². The van der Waals surface area contributed by atoms with Crippen molar-refractivity contribution in [1.29, 1.82) is 0 Å². The average Bonchev–Trinajstić information content (AvgIpc) is 2.71. The third-order valence-electron chi connectivity index (χ3n) is 3.73. The van der Waals surface area contributed by atoms with Crippen LogP contribution in [-0.2, 0) is 14.8 Å². The van der Waals surface area contributed by atoms with E-state index >= 15 is 0 Å². The number of sulfonamides is 1. The van der Waals surface area contributed by atoms with Gasteiger partial charge in [0.1, 0.15) is 0 Å². The summed E-state index contributed by atoms with van der Waals surface area (Å²) in [5, 5.41) is 7.81. The number of nitrogens with one attached hydrogen (secondary N) is 1. The third kappa shape index (κ3) is 5.48. The van der Waals surface area contributed by atoms with Crippen LogP contribution in [-0.4, -0.2) is 26.6 Å². The van der Waals surface area contributed by atoms with E-state index in [0.29, 0.717) is 18.9 Å². The Morgan fingerprint density at radius 1 is 1.32 bits per heavy atom. The molecule has 0 aromatic rings. The lowest BCUT2D eigenvalue weighted by atomic mass is 9.77. The van der Waals surface area contributed by atoms with Gasteiger partial charge in [-0.05, 0) is 31.6 Å². The summed E-state index contributed by atoms with van der Waals surface area (Å²) in [6.07, 6.45) is 5.41. The van der Waals surface area contributed by atoms with Gasteiger partial charge >= 0.3 is 0 Å². The maximum absolute atomic E-state index is 12.3. The normalized spacial score (nSPS) is 18.7. The number of hydrogen-bond donors (Lipinski definition) is 2. The van der Waals surface area contributed by atoms with Gasteiger partial charge in [0, 0.05) is 12.0 Å². The highest BCUT2D eigenvalue weighted by molar-refractivity contribution is 7.89. The number of rotatable bonds is 7. The molecule has 1 aliphatic carbocycles. The summed E-state index contributed by atoms with van der Waals surface area (Å²) in [7, 11) is -3.43. The molecule has 1 aliphatic rings. The maximum atomic E-state index is 12.3. The number of amides is 1. The molecule has 19 heavy (non-hydrogen) atoms. The molecule has 5 nitrogen and oxygen atoms in total. The van der Waals surface area contributed by atoms with Crippen molar-refractivity contribution in [2.75, 3.05) is 12.3 Å². The van der Waals surface area contributed by atoms with Gasteiger partial charge in [-0.2, -0.15) is 0 Å². The van der Waals surface area contributed by atoms with E-state index in [2.05, 4.69) is 19.2 Å². The Hall–Kier alpha value is -0.620. The van der Waals surface area contributed by atoms with Crippen LogP contribution in [0.25, 0.3) is 0 Å². The van der Waals surface area contributed by atoms with Gasteiger partial charge in [0.05, 0.1) is 5.75 Å². The van der Waals surface area contributed by atoms with E-state index in [1.807, 2.05) is 0 Å². The molecule has 1 saturated carbocycles. The van der Waals surface area contributed by atoms with Crippen molar-refractivity contribution in [2.24, 2.45) is 16.5 Å². The largest absolute Gasteiger partial charge is 0.356 e. The number of primary sulfonamides is 1. The molecular weight excluding hydrogens is 264 g/mol. The molecule has 1 rings (SSSR count). The van der Waals surface area contributed by atoms with Crippen molar-refractivity contribution in [1.82, 2.24) is 5.32 Å². The second-order valence-electron chi connectivity index (χ2n) is 6.06. The third-order valence-corrected chi connectivity index (χ3v) is 4.59. The van der Waals surface area contributed by atoms with E-state index in [1.165, 1.54) is 0 Å². The Kier molecular flexibility index (Phi) is 5.80. The van der Waals surface area contributed by atoms with Crippen molar-refractivity contribution in [2.45, 2.75) is 52.4 Å². The first-order valence-corrected chi connectivity index (χ1v) is 8.75. The molecule has 0 aliphatic heterocycles. The van der Waals surface area contributed by atoms with Crippen LogP contribution in [0.1, 0.15) is 52.4 Å². The Morgan fingerprint density at radius 3 is 2.37 bits per heavy atom. The second kappa shape index (κ2) is 6.70. The highest BCUT2D eigenvalue weighted by Gasteiger charge is 2.40. The minimum absolute atomic E-state index is 0.0789. The summed E-state index contributed by atoms with van der Waals surface area (Å²) < 4.78 is 21.6. The second-order valence-corrected chi connectivity index (χ2v) is 7.80. The minimum atomic E-state index is -3.43. The SMILES string of the molecule is CC(C)CC1(C(=O)NCCCS(N)(=O)=O)CCCC1. The lowest BCUT2D eigenvalue weighted by Crippen LogP contribution is -2.41. The first-order chi connectivity index (χ1) is 8.75.